The highest BCUT2D eigenvalue weighted by molar-refractivity contribution is 9.09. The van der Waals surface area contributed by atoms with E-state index in [1.807, 2.05) is 0 Å². The standard InChI is InChI=1S/C6H8BrNO2/c1-4(9)6(8-2)5(10)3-7/h3H2,1-2H3. The number of Topliss-reactive ketones (excluding diaryl/α,β-unsaturated/α-hetero) is 2. The van der Waals surface area contributed by atoms with E-state index in [4.69, 9.17) is 0 Å². The van der Waals surface area contributed by atoms with Crippen molar-refractivity contribution in [3.05, 3.63) is 0 Å². The molecule has 0 heterocycles. The molecule has 0 spiro atoms. The lowest BCUT2D eigenvalue weighted by Crippen LogP contribution is -2.22. The highest BCUT2D eigenvalue weighted by atomic mass is 79.9. The molecule has 4 heteroatoms. The molecule has 0 aliphatic heterocycles. The van der Waals surface area contributed by atoms with Crippen molar-refractivity contribution in [2.75, 3.05) is 12.4 Å². The van der Waals surface area contributed by atoms with Crippen LogP contribution in [0.3, 0.4) is 0 Å². The normalized spacial score (nSPS) is 11.3. The largest absolute Gasteiger partial charge is 0.293 e. The van der Waals surface area contributed by atoms with E-state index in [0.29, 0.717) is 0 Å². The van der Waals surface area contributed by atoms with Crippen LogP contribution in [-0.2, 0) is 9.59 Å². The van der Waals surface area contributed by atoms with Crippen LogP contribution in [0, 0.1) is 0 Å². The molecule has 0 fully saturated rings. The van der Waals surface area contributed by atoms with Crippen LogP contribution in [-0.4, -0.2) is 29.7 Å². The van der Waals surface area contributed by atoms with Crippen molar-refractivity contribution >= 4 is 33.2 Å². The van der Waals surface area contributed by atoms with Gasteiger partial charge in [0.25, 0.3) is 0 Å². The van der Waals surface area contributed by atoms with Crippen LogP contribution in [0.15, 0.2) is 4.99 Å². The second kappa shape index (κ2) is 4.33. The molecular weight excluding hydrogens is 198 g/mol. The van der Waals surface area contributed by atoms with Crippen LogP contribution in [0.2, 0.25) is 0 Å². The van der Waals surface area contributed by atoms with Crippen molar-refractivity contribution in [3.63, 3.8) is 0 Å². The summed E-state index contributed by atoms with van der Waals surface area (Å²) in [5.41, 5.74) is 0.0249. The zero-order chi connectivity index (χ0) is 8.15. The van der Waals surface area contributed by atoms with Gasteiger partial charge in [0.05, 0.1) is 5.33 Å². The van der Waals surface area contributed by atoms with Gasteiger partial charge in [-0.3, -0.25) is 14.6 Å². The lowest BCUT2D eigenvalue weighted by Gasteiger charge is -1.94. The van der Waals surface area contributed by atoms with E-state index >= 15 is 0 Å². The van der Waals surface area contributed by atoms with E-state index in [0.717, 1.165) is 0 Å². The third-order valence-corrected chi connectivity index (χ3v) is 1.45. The molecule has 3 nitrogen and oxygen atoms in total. The van der Waals surface area contributed by atoms with E-state index in [2.05, 4.69) is 20.9 Å². The molecule has 0 aromatic heterocycles. The third kappa shape index (κ3) is 2.39. The Hall–Kier alpha value is -0.510. The number of ketones is 2. The monoisotopic (exact) mass is 205 g/mol. The maximum absolute atomic E-state index is 10.8. The van der Waals surface area contributed by atoms with Crippen LogP contribution in [0.5, 0.6) is 0 Å². The number of nitrogens with zero attached hydrogens (tertiary/aromatic N) is 1. The SMILES string of the molecule is CN=C(C(C)=O)C(=O)CBr. The van der Waals surface area contributed by atoms with E-state index in [9.17, 15) is 9.59 Å². The van der Waals surface area contributed by atoms with Gasteiger partial charge in [0.1, 0.15) is 5.71 Å². The van der Waals surface area contributed by atoms with Crippen LogP contribution in [0.25, 0.3) is 0 Å². The Balaban J connectivity index is 4.39. The van der Waals surface area contributed by atoms with E-state index in [1.54, 1.807) is 0 Å². The minimum Gasteiger partial charge on any atom is -0.293 e. The van der Waals surface area contributed by atoms with Crippen molar-refractivity contribution in [2.45, 2.75) is 6.92 Å². The van der Waals surface area contributed by atoms with Crippen LogP contribution < -0.4 is 0 Å². The molecule has 0 rings (SSSR count). The highest BCUT2D eigenvalue weighted by Gasteiger charge is 2.12. The lowest BCUT2D eigenvalue weighted by molar-refractivity contribution is -0.114. The Labute approximate surface area is 67.6 Å². The van der Waals surface area contributed by atoms with Crippen molar-refractivity contribution in [3.8, 4) is 0 Å². The predicted molar refractivity (Wildman–Crippen MR) is 42.8 cm³/mol. The van der Waals surface area contributed by atoms with Crippen molar-refractivity contribution in [2.24, 2.45) is 4.99 Å². The number of hydrogen-bond donors (Lipinski definition) is 0. The highest BCUT2D eigenvalue weighted by Crippen LogP contribution is 1.88. The number of carbonyl (C=O) groups excluding carboxylic acids is 2. The summed E-state index contributed by atoms with van der Waals surface area (Å²) in [5.74, 6) is -0.554. The first-order chi connectivity index (χ1) is 4.63. The second-order valence-electron chi connectivity index (χ2n) is 1.69. The summed E-state index contributed by atoms with van der Waals surface area (Å²) in [6.07, 6.45) is 0. The number of rotatable bonds is 3. The van der Waals surface area contributed by atoms with Crippen LogP contribution in [0.1, 0.15) is 6.92 Å². The summed E-state index contributed by atoms with van der Waals surface area (Å²) in [6, 6.07) is 0. The number of carbonyl (C=O) groups is 2. The molecule has 0 radical (unpaired) electrons. The average molecular weight is 206 g/mol. The Morgan fingerprint density at radius 1 is 1.50 bits per heavy atom. The van der Waals surface area contributed by atoms with Crippen LogP contribution in [0.4, 0.5) is 0 Å². The van der Waals surface area contributed by atoms with Gasteiger partial charge in [0, 0.05) is 14.0 Å². The van der Waals surface area contributed by atoms with E-state index in [1.165, 1.54) is 14.0 Å². The Morgan fingerprint density at radius 2 is 2.00 bits per heavy atom. The first-order valence-corrected chi connectivity index (χ1v) is 3.82. The van der Waals surface area contributed by atoms with Gasteiger partial charge < -0.3 is 0 Å². The lowest BCUT2D eigenvalue weighted by atomic mass is 10.2. The minimum atomic E-state index is -0.285. The third-order valence-electron chi connectivity index (χ3n) is 0.943. The van der Waals surface area contributed by atoms with Crippen molar-refractivity contribution in [1.29, 1.82) is 0 Å². The molecule has 0 aliphatic rings. The molecule has 0 N–H and O–H groups in total. The molecule has 0 aromatic carbocycles. The molecule has 0 bridgehead atoms. The smallest absolute Gasteiger partial charge is 0.194 e. The quantitative estimate of drug-likeness (QED) is 0.385. The van der Waals surface area contributed by atoms with Gasteiger partial charge in [-0.15, -0.1) is 0 Å². The van der Waals surface area contributed by atoms with Crippen molar-refractivity contribution < 1.29 is 9.59 Å². The number of alkyl halides is 1. The Morgan fingerprint density at radius 3 is 2.10 bits per heavy atom. The van der Waals surface area contributed by atoms with Gasteiger partial charge >= 0.3 is 0 Å². The molecular formula is C6H8BrNO2. The molecule has 0 saturated carbocycles. The van der Waals surface area contributed by atoms with E-state index in [-0.39, 0.29) is 22.6 Å². The summed E-state index contributed by atoms with van der Waals surface area (Å²) in [4.78, 5) is 24.9. The Kier molecular flexibility index (Phi) is 4.11. The van der Waals surface area contributed by atoms with Gasteiger partial charge in [0.2, 0.25) is 0 Å². The van der Waals surface area contributed by atoms with Gasteiger partial charge in [-0.25, -0.2) is 0 Å². The maximum Gasteiger partial charge on any atom is 0.194 e. The molecule has 56 valence electrons. The average Bonchev–Trinajstić information content (AvgIpc) is 1.88. The zero-order valence-electron chi connectivity index (χ0n) is 5.85. The first-order valence-electron chi connectivity index (χ1n) is 2.70. The molecule has 10 heavy (non-hydrogen) atoms. The molecule has 0 atom stereocenters. The van der Waals surface area contributed by atoms with Crippen LogP contribution >= 0.6 is 15.9 Å². The molecule has 0 saturated heterocycles. The number of halogens is 1. The van der Waals surface area contributed by atoms with Gasteiger partial charge in [-0.1, -0.05) is 15.9 Å². The second-order valence-corrected chi connectivity index (χ2v) is 2.25. The number of aliphatic imine (C=N–C) groups is 1. The summed E-state index contributed by atoms with van der Waals surface area (Å²) in [5, 5.41) is 0.152. The topological polar surface area (TPSA) is 46.5 Å². The maximum atomic E-state index is 10.8. The fourth-order valence-corrected chi connectivity index (χ4v) is 0.807. The Bertz CT molecular complexity index is 186. The molecule has 0 aromatic rings. The zero-order valence-corrected chi connectivity index (χ0v) is 7.43. The molecule has 0 unspecified atom stereocenters. The fourth-order valence-electron chi connectivity index (χ4n) is 0.542. The van der Waals surface area contributed by atoms with Gasteiger partial charge in [0.15, 0.2) is 11.6 Å². The molecule has 0 aliphatic carbocycles. The summed E-state index contributed by atoms with van der Waals surface area (Å²) < 4.78 is 0. The fraction of sp³-hybridized carbons (Fsp3) is 0.500. The summed E-state index contributed by atoms with van der Waals surface area (Å²) in [6.45, 7) is 1.32. The van der Waals surface area contributed by atoms with Gasteiger partial charge in [-0.05, 0) is 0 Å². The summed E-state index contributed by atoms with van der Waals surface area (Å²) in [7, 11) is 1.43. The van der Waals surface area contributed by atoms with E-state index < -0.39 is 0 Å². The predicted octanol–water partition coefficient (Wildman–Crippen LogP) is 0.610. The molecule has 0 amide bonds. The summed E-state index contributed by atoms with van der Waals surface area (Å²) >= 11 is 2.94. The minimum absolute atomic E-state index is 0.0249. The van der Waals surface area contributed by atoms with Gasteiger partial charge in [-0.2, -0.15) is 0 Å². The first kappa shape index (κ1) is 9.49. The van der Waals surface area contributed by atoms with Crippen molar-refractivity contribution in [1.82, 2.24) is 0 Å². The number of hydrogen-bond acceptors (Lipinski definition) is 3.